The summed E-state index contributed by atoms with van der Waals surface area (Å²) < 4.78 is 27.2. The summed E-state index contributed by atoms with van der Waals surface area (Å²) in [5, 5.41) is 3.08. The topological polar surface area (TPSA) is 42.0 Å². The number of benzene rings is 1. The van der Waals surface area contributed by atoms with E-state index in [1.165, 1.54) is 6.07 Å². The first-order valence-electron chi connectivity index (χ1n) is 7.09. The van der Waals surface area contributed by atoms with Gasteiger partial charge in [-0.05, 0) is 24.8 Å². The van der Waals surface area contributed by atoms with Gasteiger partial charge in [-0.2, -0.15) is 0 Å². The van der Waals surface area contributed by atoms with E-state index in [9.17, 15) is 13.6 Å². The van der Waals surface area contributed by atoms with E-state index in [1.54, 1.807) is 0 Å². The highest BCUT2D eigenvalue weighted by atomic mass is 32.1. The quantitative estimate of drug-likeness (QED) is 0.896. The summed E-state index contributed by atoms with van der Waals surface area (Å²) in [6.45, 7) is 2.15. The van der Waals surface area contributed by atoms with Crippen molar-refractivity contribution in [3.05, 3.63) is 23.8 Å². The zero-order chi connectivity index (χ0) is 15.0. The molecule has 0 spiro atoms. The van der Waals surface area contributed by atoms with Crippen molar-refractivity contribution in [1.29, 1.82) is 0 Å². The molecule has 1 amide bonds. The number of carbonyl (C=O) groups is 1. The molecular formula is C15H16F2N2OS. The zero-order valence-corrected chi connectivity index (χ0v) is 12.5. The van der Waals surface area contributed by atoms with Gasteiger partial charge in [0.15, 0.2) is 10.9 Å². The van der Waals surface area contributed by atoms with E-state index in [4.69, 9.17) is 0 Å². The number of fused-ring (bicyclic) bond motifs is 1. The van der Waals surface area contributed by atoms with Gasteiger partial charge < -0.3 is 5.32 Å². The third kappa shape index (κ3) is 3.05. The Labute approximate surface area is 125 Å². The fourth-order valence-electron chi connectivity index (χ4n) is 2.89. The number of halogens is 2. The van der Waals surface area contributed by atoms with Gasteiger partial charge in [0.2, 0.25) is 5.91 Å². The van der Waals surface area contributed by atoms with Crippen LogP contribution in [0.2, 0.25) is 0 Å². The maximum absolute atomic E-state index is 13.6. The number of aromatic nitrogens is 1. The van der Waals surface area contributed by atoms with E-state index in [2.05, 4.69) is 17.2 Å². The lowest BCUT2D eigenvalue weighted by Crippen LogP contribution is -2.27. The number of nitrogens with zero attached hydrogens (tertiary/aromatic N) is 1. The average Bonchev–Trinajstić information content (AvgIpc) is 2.81. The molecule has 3 rings (SSSR count). The molecule has 2 aromatic rings. The Morgan fingerprint density at radius 1 is 1.38 bits per heavy atom. The highest BCUT2D eigenvalue weighted by Crippen LogP contribution is 2.32. The molecule has 6 heteroatoms. The first kappa shape index (κ1) is 14.4. The molecule has 21 heavy (non-hydrogen) atoms. The summed E-state index contributed by atoms with van der Waals surface area (Å²) in [5.74, 6) is -0.865. The Kier molecular flexibility index (Phi) is 3.89. The molecule has 0 aliphatic heterocycles. The van der Waals surface area contributed by atoms with Gasteiger partial charge >= 0.3 is 0 Å². The number of amides is 1. The first-order chi connectivity index (χ1) is 10.0. The van der Waals surface area contributed by atoms with Gasteiger partial charge in [-0.3, -0.25) is 4.79 Å². The molecule has 1 saturated carbocycles. The van der Waals surface area contributed by atoms with Gasteiger partial charge in [-0.15, -0.1) is 0 Å². The predicted molar refractivity (Wildman–Crippen MR) is 79.3 cm³/mol. The summed E-state index contributed by atoms with van der Waals surface area (Å²) in [4.78, 5) is 16.3. The van der Waals surface area contributed by atoms with Crippen LogP contribution in [0.1, 0.15) is 32.6 Å². The van der Waals surface area contributed by atoms with E-state index in [1.807, 2.05) is 0 Å². The normalized spacial score (nSPS) is 22.4. The average molecular weight is 310 g/mol. The summed E-state index contributed by atoms with van der Waals surface area (Å²) in [6.07, 6.45) is 3.97. The van der Waals surface area contributed by atoms with Crippen LogP contribution in [0, 0.1) is 23.5 Å². The molecule has 1 aromatic heterocycles. The molecule has 3 nitrogen and oxygen atoms in total. The molecule has 1 aliphatic rings. The molecule has 1 N–H and O–H groups in total. The second-order valence-electron chi connectivity index (χ2n) is 5.71. The van der Waals surface area contributed by atoms with Gasteiger partial charge in [-0.1, -0.05) is 31.1 Å². The van der Waals surface area contributed by atoms with Crippen LogP contribution in [0.25, 0.3) is 10.2 Å². The third-order valence-corrected chi connectivity index (χ3v) is 4.87. The zero-order valence-electron chi connectivity index (χ0n) is 11.7. The van der Waals surface area contributed by atoms with Crippen molar-refractivity contribution in [2.24, 2.45) is 11.8 Å². The van der Waals surface area contributed by atoms with Gasteiger partial charge in [0.05, 0.1) is 4.70 Å². The summed E-state index contributed by atoms with van der Waals surface area (Å²) in [5.41, 5.74) is 0.105. The maximum Gasteiger partial charge on any atom is 0.229 e. The second-order valence-corrected chi connectivity index (χ2v) is 6.74. The van der Waals surface area contributed by atoms with Gasteiger partial charge in [-0.25, -0.2) is 13.8 Å². The minimum absolute atomic E-state index is 0.0117. The second kappa shape index (κ2) is 5.67. The van der Waals surface area contributed by atoms with Gasteiger partial charge in [0.1, 0.15) is 11.3 Å². The minimum atomic E-state index is -0.701. The molecule has 0 saturated heterocycles. The van der Waals surface area contributed by atoms with Crippen molar-refractivity contribution in [3.63, 3.8) is 0 Å². The number of rotatable bonds is 2. The van der Waals surface area contributed by atoms with Gasteiger partial charge in [0, 0.05) is 12.0 Å². The van der Waals surface area contributed by atoms with Crippen LogP contribution in [0.3, 0.4) is 0 Å². The Morgan fingerprint density at radius 3 is 2.95 bits per heavy atom. The molecule has 1 heterocycles. The third-order valence-electron chi connectivity index (χ3n) is 3.95. The summed E-state index contributed by atoms with van der Waals surface area (Å²) >= 11 is 1.10. The molecule has 2 unspecified atom stereocenters. The molecule has 112 valence electrons. The number of thiazole rings is 1. The molecule has 0 bridgehead atoms. The standard InChI is InChI=1S/C15H16F2N2OS/c1-8-3-2-4-9(5-8)14(20)19-15-18-13-11(17)6-10(16)7-12(13)21-15/h6-9H,2-5H2,1H3,(H,18,19,20). The van der Waals surface area contributed by atoms with E-state index in [0.717, 1.165) is 43.1 Å². The fourth-order valence-corrected chi connectivity index (χ4v) is 3.80. The van der Waals surface area contributed by atoms with Gasteiger partial charge in [0.25, 0.3) is 0 Å². The van der Waals surface area contributed by atoms with Crippen LogP contribution in [-0.2, 0) is 4.79 Å². The van der Waals surface area contributed by atoms with Crippen molar-refractivity contribution >= 4 is 32.6 Å². The highest BCUT2D eigenvalue weighted by molar-refractivity contribution is 7.22. The largest absolute Gasteiger partial charge is 0.302 e. The van der Waals surface area contributed by atoms with Crippen LogP contribution in [0.4, 0.5) is 13.9 Å². The van der Waals surface area contributed by atoms with E-state index in [-0.39, 0.29) is 17.3 Å². The van der Waals surface area contributed by atoms with Crippen LogP contribution in [0.5, 0.6) is 0 Å². The Bertz CT molecular complexity index is 686. The van der Waals surface area contributed by atoms with Crippen molar-refractivity contribution in [2.45, 2.75) is 32.6 Å². The molecule has 1 fully saturated rings. The molecular weight excluding hydrogens is 294 g/mol. The van der Waals surface area contributed by atoms with Crippen LogP contribution in [0.15, 0.2) is 12.1 Å². The van der Waals surface area contributed by atoms with E-state index >= 15 is 0 Å². The SMILES string of the molecule is CC1CCCC(C(=O)Nc2nc3c(F)cc(F)cc3s2)C1. The summed E-state index contributed by atoms with van der Waals surface area (Å²) in [7, 11) is 0. The number of hydrogen-bond donors (Lipinski definition) is 1. The molecule has 2 atom stereocenters. The van der Waals surface area contributed by atoms with E-state index in [0.29, 0.717) is 15.7 Å². The Balaban J connectivity index is 1.78. The van der Waals surface area contributed by atoms with Crippen molar-refractivity contribution in [1.82, 2.24) is 4.98 Å². The van der Waals surface area contributed by atoms with Crippen molar-refractivity contribution in [3.8, 4) is 0 Å². The lowest BCUT2D eigenvalue weighted by atomic mass is 9.82. The van der Waals surface area contributed by atoms with Crippen molar-refractivity contribution < 1.29 is 13.6 Å². The Hall–Kier alpha value is -1.56. The lowest BCUT2D eigenvalue weighted by molar-refractivity contribution is -0.121. The smallest absolute Gasteiger partial charge is 0.229 e. The van der Waals surface area contributed by atoms with Crippen LogP contribution >= 0.6 is 11.3 Å². The minimum Gasteiger partial charge on any atom is -0.302 e. The van der Waals surface area contributed by atoms with Crippen LogP contribution < -0.4 is 5.32 Å². The maximum atomic E-state index is 13.6. The predicted octanol–water partition coefficient (Wildman–Crippen LogP) is 4.34. The number of carbonyl (C=O) groups excluding carboxylic acids is 1. The van der Waals surface area contributed by atoms with Crippen molar-refractivity contribution in [2.75, 3.05) is 5.32 Å². The number of nitrogens with one attached hydrogen (secondary N) is 1. The monoisotopic (exact) mass is 310 g/mol. The summed E-state index contributed by atoms with van der Waals surface area (Å²) in [6, 6.07) is 2.03. The number of anilines is 1. The van der Waals surface area contributed by atoms with E-state index < -0.39 is 11.6 Å². The highest BCUT2D eigenvalue weighted by Gasteiger charge is 2.25. The molecule has 1 aliphatic carbocycles. The molecule has 1 aromatic carbocycles. The first-order valence-corrected chi connectivity index (χ1v) is 7.91. The fraction of sp³-hybridized carbons (Fsp3) is 0.467. The van der Waals surface area contributed by atoms with Crippen LogP contribution in [-0.4, -0.2) is 10.9 Å². The Morgan fingerprint density at radius 2 is 2.19 bits per heavy atom. The number of hydrogen-bond acceptors (Lipinski definition) is 3. The molecule has 0 radical (unpaired) electrons. The lowest BCUT2D eigenvalue weighted by Gasteiger charge is -2.25.